The number of benzene rings is 1. The van der Waals surface area contributed by atoms with Gasteiger partial charge in [0.15, 0.2) is 0 Å². The Balaban J connectivity index is 2.21. The van der Waals surface area contributed by atoms with Crippen molar-refractivity contribution in [2.75, 3.05) is 18.0 Å². The zero-order chi connectivity index (χ0) is 13.1. The van der Waals surface area contributed by atoms with E-state index in [2.05, 4.69) is 5.32 Å². The molecule has 1 fully saturated rings. The summed E-state index contributed by atoms with van der Waals surface area (Å²) in [6, 6.07) is 7.82. The summed E-state index contributed by atoms with van der Waals surface area (Å²) in [5, 5.41) is 2.71. The number of carbonyl (C=O) groups excluding carboxylic acids is 2. The van der Waals surface area contributed by atoms with Crippen LogP contribution >= 0.6 is 0 Å². The van der Waals surface area contributed by atoms with Crippen LogP contribution in [0.15, 0.2) is 24.3 Å². The van der Waals surface area contributed by atoms with Crippen molar-refractivity contribution in [1.29, 1.82) is 0 Å². The molecule has 1 aliphatic heterocycles. The minimum absolute atomic E-state index is 0.0325. The summed E-state index contributed by atoms with van der Waals surface area (Å²) in [6.45, 7) is 5.02. The van der Waals surface area contributed by atoms with Crippen LogP contribution in [-0.4, -0.2) is 24.9 Å². The molecule has 1 heterocycles. The summed E-state index contributed by atoms with van der Waals surface area (Å²) in [5.74, 6) is -0.226. The van der Waals surface area contributed by atoms with Gasteiger partial charge in [-0.15, -0.1) is 0 Å². The second kappa shape index (κ2) is 5.21. The van der Waals surface area contributed by atoms with E-state index in [1.54, 1.807) is 4.90 Å². The van der Waals surface area contributed by atoms with Crippen LogP contribution in [0.3, 0.4) is 0 Å². The van der Waals surface area contributed by atoms with Gasteiger partial charge in [-0.3, -0.25) is 9.59 Å². The van der Waals surface area contributed by atoms with Crippen LogP contribution < -0.4 is 10.2 Å². The fourth-order valence-electron chi connectivity index (χ4n) is 2.31. The topological polar surface area (TPSA) is 49.4 Å². The lowest BCUT2D eigenvalue weighted by Crippen LogP contribution is -2.37. The highest BCUT2D eigenvalue weighted by Crippen LogP contribution is 2.23. The molecule has 1 aliphatic rings. The highest BCUT2D eigenvalue weighted by molar-refractivity contribution is 5.99. The molecule has 1 N–H and O–H groups in total. The van der Waals surface area contributed by atoms with Crippen molar-refractivity contribution in [1.82, 2.24) is 5.32 Å². The van der Waals surface area contributed by atoms with E-state index in [1.165, 1.54) is 0 Å². The minimum atomic E-state index is -0.225. The van der Waals surface area contributed by atoms with E-state index in [0.717, 1.165) is 11.3 Å². The lowest BCUT2D eigenvalue weighted by atomic mass is 10.1. The van der Waals surface area contributed by atoms with E-state index in [1.807, 2.05) is 38.1 Å². The summed E-state index contributed by atoms with van der Waals surface area (Å²) in [5.41, 5.74) is 2.01. The van der Waals surface area contributed by atoms with Crippen LogP contribution in [0.2, 0.25) is 0 Å². The Morgan fingerprint density at radius 3 is 2.72 bits per heavy atom. The van der Waals surface area contributed by atoms with Crippen LogP contribution in [0.25, 0.3) is 0 Å². The van der Waals surface area contributed by atoms with Gasteiger partial charge in [-0.05, 0) is 25.5 Å². The third kappa shape index (κ3) is 2.37. The molecule has 0 spiro atoms. The second-order valence-corrected chi connectivity index (χ2v) is 4.57. The van der Waals surface area contributed by atoms with Gasteiger partial charge in [-0.2, -0.15) is 0 Å². The van der Waals surface area contributed by atoms with Crippen molar-refractivity contribution in [2.24, 2.45) is 5.92 Å². The molecule has 1 aromatic carbocycles. The number of rotatable bonds is 3. The molecule has 18 heavy (non-hydrogen) atoms. The van der Waals surface area contributed by atoms with Crippen LogP contribution in [0, 0.1) is 12.8 Å². The van der Waals surface area contributed by atoms with E-state index in [-0.39, 0.29) is 17.7 Å². The molecule has 96 valence electrons. The molecular weight excluding hydrogens is 228 g/mol. The number of aryl methyl sites for hydroxylation is 1. The van der Waals surface area contributed by atoms with Crippen LogP contribution in [0.4, 0.5) is 5.69 Å². The Morgan fingerprint density at radius 1 is 1.44 bits per heavy atom. The summed E-state index contributed by atoms with van der Waals surface area (Å²) < 4.78 is 0. The van der Waals surface area contributed by atoms with Crippen molar-refractivity contribution >= 4 is 17.5 Å². The van der Waals surface area contributed by atoms with Crippen molar-refractivity contribution in [3.63, 3.8) is 0 Å². The molecule has 1 aromatic rings. The number of para-hydroxylation sites is 1. The van der Waals surface area contributed by atoms with Gasteiger partial charge in [0.1, 0.15) is 0 Å². The van der Waals surface area contributed by atoms with Gasteiger partial charge in [0.25, 0.3) is 0 Å². The van der Waals surface area contributed by atoms with Crippen molar-refractivity contribution < 1.29 is 9.59 Å². The van der Waals surface area contributed by atoms with E-state index >= 15 is 0 Å². The molecule has 1 unspecified atom stereocenters. The molecule has 0 aromatic heterocycles. The molecule has 2 rings (SSSR count). The smallest absolute Gasteiger partial charge is 0.232 e. The summed E-state index contributed by atoms with van der Waals surface area (Å²) in [6.07, 6.45) is 0.307. The molecule has 2 amide bonds. The van der Waals surface area contributed by atoms with E-state index in [0.29, 0.717) is 19.5 Å². The quantitative estimate of drug-likeness (QED) is 0.878. The maximum absolute atomic E-state index is 12.4. The molecule has 4 heteroatoms. The Hall–Kier alpha value is -1.84. The van der Waals surface area contributed by atoms with E-state index in [4.69, 9.17) is 0 Å². The Kier molecular flexibility index (Phi) is 3.65. The first-order valence-electron chi connectivity index (χ1n) is 6.27. The monoisotopic (exact) mass is 246 g/mol. The second-order valence-electron chi connectivity index (χ2n) is 4.57. The maximum Gasteiger partial charge on any atom is 0.232 e. The molecule has 0 bridgehead atoms. The predicted molar refractivity (Wildman–Crippen MR) is 70.3 cm³/mol. The molecule has 4 nitrogen and oxygen atoms in total. The summed E-state index contributed by atoms with van der Waals surface area (Å²) in [4.78, 5) is 25.4. The van der Waals surface area contributed by atoms with Gasteiger partial charge in [0, 0.05) is 25.2 Å². The highest BCUT2D eigenvalue weighted by Gasteiger charge is 2.31. The maximum atomic E-state index is 12.4. The molecule has 1 atom stereocenters. The van der Waals surface area contributed by atoms with Crippen LogP contribution in [-0.2, 0) is 9.59 Å². The average Bonchev–Trinajstić information content (AvgIpc) is 2.79. The lowest BCUT2D eigenvalue weighted by Gasteiger charge is -2.25. The largest absolute Gasteiger partial charge is 0.355 e. The first-order valence-corrected chi connectivity index (χ1v) is 6.27. The number of hydrogen-bond acceptors (Lipinski definition) is 2. The van der Waals surface area contributed by atoms with Gasteiger partial charge < -0.3 is 10.2 Å². The van der Waals surface area contributed by atoms with Crippen LogP contribution in [0.1, 0.15) is 18.9 Å². The minimum Gasteiger partial charge on any atom is -0.355 e. The third-order valence-electron chi connectivity index (χ3n) is 3.32. The fourth-order valence-corrected chi connectivity index (χ4v) is 2.31. The molecular formula is C14H18N2O2. The first kappa shape index (κ1) is 12.6. The Labute approximate surface area is 107 Å². The Morgan fingerprint density at radius 2 is 2.17 bits per heavy atom. The predicted octanol–water partition coefficient (Wildman–Crippen LogP) is 1.48. The third-order valence-corrected chi connectivity index (χ3v) is 3.32. The number of anilines is 1. The zero-order valence-electron chi connectivity index (χ0n) is 10.8. The number of nitrogens with zero attached hydrogens (tertiary/aromatic N) is 1. The van der Waals surface area contributed by atoms with Crippen molar-refractivity contribution in [2.45, 2.75) is 20.3 Å². The summed E-state index contributed by atoms with van der Waals surface area (Å²) >= 11 is 0. The highest BCUT2D eigenvalue weighted by atomic mass is 16.2. The van der Waals surface area contributed by atoms with Crippen LogP contribution in [0.5, 0.6) is 0 Å². The Bertz CT molecular complexity index is 471. The van der Waals surface area contributed by atoms with Gasteiger partial charge in [0.2, 0.25) is 11.8 Å². The van der Waals surface area contributed by atoms with E-state index in [9.17, 15) is 9.59 Å². The number of amides is 2. The van der Waals surface area contributed by atoms with Gasteiger partial charge in [-0.25, -0.2) is 0 Å². The number of hydrogen-bond donors (Lipinski definition) is 1. The molecule has 1 saturated heterocycles. The van der Waals surface area contributed by atoms with E-state index < -0.39 is 0 Å². The number of nitrogens with one attached hydrogen (secondary N) is 1. The molecule has 0 saturated carbocycles. The molecule has 0 radical (unpaired) electrons. The van der Waals surface area contributed by atoms with Crippen molar-refractivity contribution in [3.8, 4) is 0 Å². The first-order chi connectivity index (χ1) is 8.63. The molecule has 0 aliphatic carbocycles. The fraction of sp³-hybridized carbons (Fsp3) is 0.429. The van der Waals surface area contributed by atoms with Gasteiger partial charge in [-0.1, -0.05) is 18.2 Å². The lowest BCUT2D eigenvalue weighted by molar-refractivity contribution is -0.124. The normalized spacial score (nSPS) is 18.6. The average molecular weight is 246 g/mol. The SMILES string of the molecule is CCN(C(=O)C1CNC(=O)C1)c1ccccc1C. The van der Waals surface area contributed by atoms with Gasteiger partial charge >= 0.3 is 0 Å². The zero-order valence-corrected chi connectivity index (χ0v) is 10.8. The van der Waals surface area contributed by atoms with Gasteiger partial charge in [0.05, 0.1) is 5.92 Å². The standard InChI is InChI=1S/C14H18N2O2/c1-3-16(12-7-5-4-6-10(12)2)14(18)11-8-13(17)15-9-11/h4-7,11H,3,8-9H2,1-2H3,(H,15,17). The number of carbonyl (C=O) groups is 2. The van der Waals surface area contributed by atoms with Crippen molar-refractivity contribution in [3.05, 3.63) is 29.8 Å². The summed E-state index contributed by atoms with van der Waals surface area (Å²) in [7, 11) is 0.